The van der Waals surface area contributed by atoms with E-state index in [9.17, 15) is 0 Å². The topological polar surface area (TPSA) is 21.3 Å². The Morgan fingerprint density at radius 1 is 1.62 bits per heavy atom. The standard InChI is InChI=1S/C13H21NOS/c1-3-7-14-13(12-5-4-8-15-12)11-6-9-16-10(11)2/h6,9,12-14H,3-5,7-8H2,1-2H3. The lowest BCUT2D eigenvalue weighted by Gasteiger charge is -2.24. The van der Waals surface area contributed by atoms with Crippen molar-refractivity contribution in [3.8, 4) is 0 Å². The number of hydrogen-bond acceptors (Lipinski definition) is 3. The number of thiophene rings is 1. The van der Waals surface area contributed by atoms with Gasteiger partial charge in [-0.05, 0) is 49.7 Å². The van der Waals surface area contributed by atoms with Crippen LogP contribution in [-0.2, 0) is 4.74 Å². The molecule has 2 unspecified atom stereocenters. The van der Waals surface area contributed by atoms with E-state index in [0.717, 1.165) is 13.2 Å². The molecule has 90 valence electrons. The van der Waals surface area contributed by atoms with Gasteiger partial charge in [0.1, 0.15) is 0 Å². The average Bonchev–Trinajstić information content (AvgIpc) is 2.91. The van der Waals surface area contributed by atoms with Crippen molar-refractivity contribution in [1.82, 2.24) is 5.32 Å². The number of rotatable bonds is 5. The van der Waals surface area contributed by atoms with E-state index in [-0.39, 0.29) is 0 Å². The molecule has 0 spiro atoms. The van der Waals surface area contributed by atoms with Crippen molar-refractivity contribution in [3.63, 3.8) is 0 Å². The fourth-order valence-electron chi connectivity index (χ4n) is 2.32. The van der Waals surface area contributed by atoms with Crippen LogP contribution < -0.4 is 5.32 Å². The molecule has 1 N–H and O–H groups in total. The van der Waals surface area contributed by atoms with Crippen molar-refractivity contribution < 1.29 is 4.74 Å². The van der Waals surface area contributed by atoms with Crippen molar-refractivity contribution in [2.24, 2.45) is 0 Å². The molecule has 2 rings (SSSR count). The van der Waals surface area contributed by atoms with Crippen molar-refractivity contribution in [1.29, 1.82) is 0 Å². The maximum atomic E-state index is 5.83. The van der Waals surface area contributed by atoms with Gasteiger partial charge in [0.05, 0.1) is 12.1 Å². The maximum absolute atomic E-state index is 5.83. The highest BCUT2D eigenvalue weighted by Gasteiger charge is 2.28. The predicted octanol–water partition coefficient (Wildman–Crippen LogP) is 3.28. The first-order valence-corrected chi connectivity index (χ1v) is 7.10. The average molecular weight is 239 g/mol. The molecule has 2 heterocycles. The molecule has 16 heavy (non-hydrogen) atoms. The Bertz CT molecular complexity index is 317. The van der Waals surface area contributed by atoms with Gasteiger partial charge in [-0.25, -0.2) is 0 Å². The SMILES string of the molecule is CCCNC(c1ccsc1C)C1CCCO1. The monoisotopic (exact) mass is 239 g/mol. The Hall–Kier alpha value is -0.380. The molecule has 1 aromatic heterocycles. The minimum Gasteiger partial charge on any atom is -0.376 e. The van der Waals surface area contributed by atoms with Crippen molar-refractivity contribution in [2.45, 2.75) is 45.3 Å². The first-order valence-electron chi connectivity index (χ1n) is 6.22. The third kappa shape index (κ3) is 2.65. The molecule has 0 saturated carbocycles. The van der Waals surface area contributed by atoms with Gasteiger partial charge in [-0.2, -0.15) is 0 Å². The van der Waals surface area contributed by atoms with E-state index in [2.05, 4.69) is 30.6 Å². The van der Waals surface area contributed by atoms with Crippen molar-refractivity contribution in [2.75, 3.05) is 13.2 Å². The quantitative estimate of drug-likeness (QED) is 0.851. The molecule has 3 heteroatoms. The molecule has 0 radical (unpaired) electrons. The zero-order valence-corrected chi connectivity index (χ0v) is 11.0. The molecule has 0 aromatic carbocycles. The second-order valence-electron chi connectivity index (χ2n) is 4.42. The highest BCUT2D eigenvalue weighted by atomic mass is 32.1. The Morgan fingerprint density at radius 3 is 3.06 bits per heavy atom. The van der Waals surface area contributed by atoms with Gasteiger partial charge in [0, 0.05) is 11.5 Å². The molecule has 0 aliphatic carbocycles. The largest absolute Gasteiger partial charge is 0.376 e. The molecule has 1 aliphatic heterocycles. The molecule has 2 nitrogen and oxygen atoms in total. The lowest BCUT2D eigenvalue weighted by atomic mass is 10.00. The first kappa shape index (κ1) is 12.1. The molecule has 1 fully saturated rings. The van der Waals surface area contributed by atoms with Crippen LogP contribution in [0, 0.1) is 6.92 Å². The van der Waals surface area contributed by atoms with E-state index in [1.54, 1.807) is 0 Å². The van der Waals surface area contributed by atoms with Crippen LogP contribution in [-0.4, -0.2) is 19.3 Å². The van der Waals surface area contributed by atoms with Crippen LogP contribution in [0.3, 0.4) is 0 Å². The summed E-state index contributed by atoms with van der Waals surface area (Å²) in [6.45, 7) is 6.41. The summed E-state index contributed by atoms with van der Waals surface area (Å²) < 4.78 is 5.83. The minimum absolute atomic E-state index is 0.375. The van der Waals surface area contributed by atoms with E-state index >= 15 is 0 Å². The van der Waals surface area contributed by atoms with Gasteiger partial charge in [0.2, 0.25) is 0 Å². The summed E-state index contributed by atoms with van der Waals surface area (Å²) in [5.74, 6) is 0. The van der Waals surface area contributed by atoms with Crippen LogP contribution in [0.25, 0.3) is 0 Å². The van der Waals surface area contributed by atoms with Crippen molar-refractivity contribution >= 4 is 11.3 Å². The molecule has 1 aliphatic rings. The summed E-state index contributed by atoms with van der Waals surface area (Å²) in [6, 6.07) is 2.64. The van der Waals surface area contributed by atoms with Crippen LogP contribution in [0.15, 0.2) is 11.4 Å². The van der Waals surface area contributed by atoms with E-state index in [1.807, 2.05) is 11.3 Å². The Morgan fingerprint density at radius 2 is 2.50 bits per heavy atom. The fraction of sp³-hybridized carbons (Fsp3) is 0.692. The van der Waals surface area contributed by atoms with Gasteiger partial charge < -0.3 is 10.1 Å². The fourth-order valence-corrected chi connectivity index (χ4v) is 3.07. The maximum Gasteiger partial charge on any atom is 0.0770 e. The minimum atomic E-state index is 0.375. The summed E-state index contributed by atoms with van der Waals surface area (Å²) in [7, 11) is 0. The Labute approximate surface area is 102 Å². The summed E-state index contributed by atoms with van der Waals surface area (Å²) in [5.41, 5.74) is 1.44. The number of aryl methyl sites for hydroxylation is 1. The van der Waals surface area contributed by atoms with E-state index in [4.69, 9.17) is 4.74 Å². The zero-order valence-electron chi connectivity index (χ0n) is 10.2. The smallest absolute Gasteiger partial charge is 0.0770 e. The van der Waals surface area contributed by atoms with E-state index in [1.165, 1.54) is 29.7 Å². The second-order valence-corrected chi connectivity index (χ2v) is 5.54. The lowest BCUT2D eigenvalue weighted by molar-refractivity contribution is 0.0782. The van der Waals surface area contributed by atoms with Crippen LogP contribution in [0.1, 0.15) is 42.7 Å². The van der Waals surface area contributed by atoms with E-state index in [0.29, 0.717) is 12.1 Å². The Kier molecular flexibility index (Phi) is 4.38. The van der Waals surface area contributed by atoms with Gasteiger partial charge in [-0.3, -0.25) is 0 Å². The summed E-state index contributed by atoms with van der Waals surface area (Å²) in [6.07, 6.45) is 3.95. The molecule has 1 aromatic rings. The van der Waals surface area contributed by atoms with Gasteiger partial charge in [0.25, 0.3) is 0 Å². The number of ether oxygens (including phenoxy) is 1. The summed E-state index contributed by atoms with van der Waals surface area (Å²) in [4.78, 5) is 1.42. The summed E-state index contributed by atoms with van der Waals surface area (Å²) in [5, 5.41) is 5.82. The van der Waals surface area contributed by atoms with Gasteiger partial charge in [-0.1, -0.05) is 6.92 Å². The highest BCUT2D eigenvalue weighted by molar-refractivity contribution is 7.10. The molecule has 2 atom stereocenters. The number of hydrogen-bond donors (Lipinski definition) is 1. The number of nitrogens with one attached hydrogen (secondary N) is 1. The van der Waals surface area contributed by atoms with E-state index < -0.39 is 0 Å². The van der Waals surface area contributed by atoms with Crippen LogP contribution in [0.5, 0.6) is 0 Å². The van der Waals surface area contributed by atoms with Crippen molar-refractivity contribution in [3.05, 3.63) is 21.9 Å². The second kappa shape index (κ2) is 5.80. The van der Waals surface area contributed by atoms with Gasteiger partial charge >= 0.3 is 0 Å². The van der Waals surface area contributed by atoms with Crippen LogP contribution in [0.4, 0.5) is 0 Å². The summed E-state index contributed by atoms with van der Waals surface area (Å²) >= 11 is 1.83. The zero-order chi connectivity index (χ0) is 11.4. The third-order valence-corrected chi connectivity index (χ3v) is 4.05. The predicted molar refractivity (Wildman–Crippen MR) is 69.1 cm³/mol. The van der Waals surface area contributed by atoms with Crippen LogP contribution in [0.2, 0.25) is 0 Å². The van der Waals surface area contributed by atoms with Gasteiger partial charge in [0.15, 0.2) is 0 Å². The third-order valence-electron chi connectivity index (χ3n) is 3.18. The molecule has 0 bridgehead atoms. The normalized spacial score (nSPS) is 22.5. The molecular weight excluding hydrogens is 218 g/mol. The van der Waals surface area contributed by atoms with Gasteiger partial charge in [-0.15, -0.1) is 11.3 Å². The van der Waals surface area contributed by atoms with Crippen LogP contribution >= 0.6 is 11.3 Å². The molecule has 1 saturated heterocycles. The molecule has 0 amide bonds. The molecular formula is C13H21NOS. The Balaban J connectivity index is 2.10. The highest BCUT2D eigenvalue weighted by Crippen LogP contribution is 2.31. The lowest BCUT2D eigenvalue weighted by Crippen LogP contribution is -2.32. The first-order chi connectivity index (χ1) is 7.83.